The van der Waals surface area contributed by atoms with E-state index in [0.717, 1.165) is 12.1 Å². The minimum Gasteiger partial charge on any atom is -0.348 e. The maximum absolute atomic E-state index is 12.1. The molecule has 3 aliphatic rings. The lowest BCUT2D eigenvalue weighted by Crippen LogP contribution is -2.57. The fraction of sp³-hybridized carbons (Fsp3) is 0.471. The van der Waals surface area contributed by atoms with Crippen molar-refractivity contribution in [2.75, 3.05) is 19.6 Å². The molecular formula is C17H22N2O. The molecule has 106 valence electrons. The third-order valence-corrected chi connectivity index (χ3v) is 4.59. The van der Waals surface area contributed by atoms with Crippen molar-refractivity contribution in [3.05, 3.63) is 41.5 Å². The highest BCUT2D eigenvalue weighted by Crippen LogP contribution is 2.27. The molecule has 0 aliphatic carbocycles. The third kappa shape index (κ3) is 2.93. The number of amides is 1. The van der Waals surface area contributed by atoms with Crippen LogP contribution in [0, 0.1) is 12.8 Å². The molecule has 1 amide bonds. The van der Waals surface area contributed by atoms with Crippen LogP contribution in [-0.2, 0) is 4.79 Å². The summed E-state index contributed by atoms with van der Waals surface area (Å²) in [5.74, 6) is 0.711. The molecule has 3 aliphatic heterocycles. The molecule has 1 aromatic carbocycles. The SMILES string of the molecule is Cc1ccccc1C=CC(=O)N[C@@H]1CN2CCC1CC2. The summed E-state index contributed by atoms with van der Waals surface area (Å²) < 4.78 is 0. The summed E-state index contributed by atoms with van der Waals surface area (Å²) in [6.07, 6.45) is 6.03. The number of carbonyl (C=O) groups is 1. The van der Waals surface area contributed by atoms with E-state index in [4.69, 9.17) is 0 Å². The van der Waals surface area contributed by atoms with E-state index in [9.17, 15) is 4.79 Å². The largest absolute Gasteiger partial charge is 0.348 e. The van der Waals surface area contributed by atoms with Crippen molar-refractivity contribution < 1.29 is 4.79 Å². The van der Waals surface area contributed by atoms with Crippen LogP contribution < -0.4 is 5.32 Å². The number of benzene rings is 1. The van der Waals surface area contributed by atoms with Gasteiger partial charge in [-0.05, 0) is 56.0 Å². The van der Waals surface area contributed by atoms with Crippen LogP contribution >= 0.6 is 0 Å². The van der Waals surface area contributed by atoms with E-state index in [1.54, 1.807) is 6.08 Å². The zero-order valence-corrected chi connectivity index (χ0v) is 12.0. The number of rotatable bonds is 3. The second-order valence-corrected chi connectivity index (χ2v) is 5.94. The molecule has 0 saturated carbocycles. The first-order valence-electron chi connectivity index (χ1n) is 7.49. The molecule has 20 heavy (non-hydrogen) atoms. The Kier molecular flexibility index (Phi) is 3.88. The van der Waals surface area contributed by atoms with Gasteiger partial charge in [-0.3, -0.25) is 4.79 Å². The van der Waals surface area contributed by atoms with Gasteiger partial charge in [-0.25, -0.2) is 0 Å². The van der Waals surface area contributed by atoms with Gasteiger partial charge in [0.05, 0.1) is 0 Å². The van der Waals surface area contributed by atoms with Gasteiger partial charge in [-0.15, -0.1) is 0 Å². The minimum absolute atomic E-state index is 0.0343. The van der Waals surface area contributed by atoms with E-state index in [2.05, 4.69) is 23.2 Å². The molecular weight excluding hydrogens is 248 g/mol. The monoisotopic (exact) mass is 270 g/mol. The molecule has 3 fully saturated rings. The fourth-order valence-electron chi connectivity index (χ4n) is 3.30. The number of nitrogens with zero attached hydrogens (tertiary/aromatic N) is 1. The highest BCUT2D eigenvalue weighted by atomic mass is 16.1. The lowest BCUT2D eigenvalue weighted by atomic mass is 9.84. The molecule has 3 heterocycles. The zero-order valence-electron chi connectivity index (χ0n) is 12.0. The summed E-state index contributed by atoms with van der Waals surface area (Å²) in [7, 11) is 0. The summed E-state index contributed by atoms with van der Waals surface area (Å²) in [4.78, 5) is 14.5. The van der Waals surface area contributed by atoms with Gasteiger partial charge in [-0.2, -0.15) is 0 Å². The second kappa shape index (κ2) is 5.80. The number of hydrogen-bond acceptors (Lipinski definition) is 2. The Morgan fingerprint density at radius 1 is 1.30 bits per heavy atom. The highest BCUT2D eigenvalue weighted by molar-refractivity contribution is 5.92. The second-order valence-electron chi connectivity index (χ2n) is 5.94. The Morgan fingerprint density at radius 2 is 2.05 bits per heavy atom. The lowest BCUT2D eigenvalue weighted by Gasteiger charge is -2.44. The van der Waals surface area contributed by atoms with E-state index >= 15 is 0 Å². The third-order valence-electron chi connectivity index (χ3n) is 4.59. The Bertz CT molecular complexity index is 515. The normalized spacial score (nSPS) is 28.8. The predicted molar refractivity (Wildman–Crippen MR) is 81.3 cm³/mol. The first-order valence-corrected chi connectivity index (χ1v) is 7.49. The number of piperidine rings is 3. The topological polar surface area (TPSA) is 32.3 Å². The van der Waals surface area contributed by atoms with Crippen molar-refractivity contribution >= 4 is 12.0 Å². The van der Waals surface area contributed by atoms with Crippen molar-refractivity contribution in [1.82, 2.24) is 10.2 Å². The summed E-state index contributed by atoms with van der Waals surface area (Å²) in [6, 6.07) is 8.45. The fourth-order valence-corrected chi connectivity index (χ4v) is 3.30. The summed E-state index contributed by atoms with van der Waals surface area (Å²) in [5, 5.41) is 3.17. The molecule has 2 bridgehead atoms. The van der Waals surface area contributed by atoms with E-state index in [0.29, 0.717) is 12.0 Å². The first kappa shape index (κ1) is 13.4. The number of aryl methyl sites for hydroxylation is 1. The number of hydrogen-bond donors (Lipinski definition) is 1. The molecule has 3 saturated heterocycles. The van der Waals surface area contributed by atoms with Crippen LogP contribution in [-0.4, -0.2) is 36.5 Å². The molecule has 1 atom stereocenters. The van der Waals surface area contributed by atoms with E-state index in [-0.39, 0.29) is 5.91 Å². The van der Waals surface area contributed by atoms with Crippen molar-refractivity contribution in [3.8, 4) is 0 Å². The van der Waals surface area contributed by atoms with Crippen molar-refractivity contribution in [2.45, 2.75) is 25.8 Å². The molecule has 0 radical (unpaired) electrons. The maximum atomic E-state index is 12.1. The Hall–Kier alpha value is -1.61. The first-order chi connectivity index (χ1) is 9.72. The molecule has 3 heteroatoms. The van der Waals surface area contributed by atoms with Gasteiger partial charge in [0.1, 0.15) is 0 Å². The molecule has 0 spiro atoms. The van der Waals surface area contributed by atoms with Gasteiger partial charge in [0.15, 0.2) is 0 Å². The number of fused-ring (bicyclic) bond motifs is 3. The lowest BCUT2D eigenvalue weighted by molar-refractivity contribution is -0.118. The molecule has 0 aromatic heterocycles. The van der Waals surface area contributed by atoms with Crippen molar-refractivity contribution in [2.24, 2.45) is 5.92 Å². The van der Waals surface area contributed by atoms with Crippen LogP contribution in [0.1, 0.15) is 24.0 Å². The van der Waals surface area contributed by atoms with Crippen LogP contribution in [0.3, 0.4) is 0 Å². The minimum atomic E-state index is 0.0343. The predicted octanol–water partition coefficient (Wildman–Crippen LogP) is 2.22. The summed E-state index contributed by atoms with van der Waals surface area (Å²) >= 11 is 0. The van der Waals surface area contributed by atoms with Gasteiger partial charge in [0.25, 0.3) is 0 Å². The van der Waals surface area contributed by atoms with Crippen LogP contribution in [0.25, 0.3) is 6.08 Å². The Labute approximate surface area is 120 Å². The highest BCUT2D eigenvalue weighted by Gasteiger charge is 2.34. The average molecular weight is 270 g/mol. The van der Waals surface area contributed by atoms with Crippen LogP contribution in [0.5, 0.6) is 0 Å². The van der Waals surface area contributed by atoms with Gasteiger partial charge in [0, 0.05) is 18.7 Å². The molecule has 3 nitrogen and oxygen atoms in total. The van der Waals surface area contributed by atoms with Gasteiger partial charge >= 0.3 is 0 Å². The van der Waals surface area contributed by atoms with Crippen LogP contribution in [0.15, 0.2) is 30.3 Å². The van der Waals surface area contributed by atoms with Gasteiger partial charge in [0.2, 0.25) is 5.91 Å². The molecule has 0 unspecified atom stereocenters. The maximum Gasteiger partial charge on any atom is 0.244 e. The molecule has 1 aromatic rings. The average Bonchev–Trinajstić information content (AvgIpc) is 2.48. The number of carbonyl (C=O) groups excluding carboxylic acids is 1. The summed E-state index contributed by atoms with van der Waals surface area (Å²) in [6.45, 7) is 5.49. The zero-order chi connectivity index (χ0) is 13.9. The van der Waals surface area contributed by atoms with Crippen molar-refractivity contribution in [1.29, 1.82) is 0 Å². The van der Waals surface area contributed by atoms with Crippen LogP contribution in [0.2, 0.25) is 0 Å². The Morgan fingerprint density at radius 3 is 2.70 bits per heavy atom. The number of nitrogens with one attached hydrogen (secondary N) is 1. The van der Waals surface area contributed by atoms with E-state index in [1.807, 2.05) is 24.3 Å². The summed E-state index contributed by atoms with van der Waals surface area (Å²) in [5.41, 5.74) is 2.30. The van der Waals surface area contributed by atoms with Crippen LogP contribution in [0.4, 0.5) is 0 Å². The van der Waals surface area contributed by atoms with E-state index < -0.39 is 0 Å². The van der Waals surface area contributed by atoms with Gasteiger partial charge < -0.3 is 10.2 Å². The van der Waals surface area contributed by atoms with Gasteiger partial charge in [-0.1, -0.05) is 24.3 Å². The van der Waals surface area contributed by atoms with E-state index in [1.165, 1.54) is 31.5 Å². The quantitative estimate of drug-likeness (QED) is 0.854. The molecule has 1 N–H and O–H groups in total. The standard InChI is InChI=1S/C17H22N2O/c1-13-4-2-3-5-14(13)6-7-17(20)18-16-12-19-10-8-15(16)9-11-19/h2-7,15-16H,8-12H2,1H3,(H,18,20)/t16-/m1/s1. The van der Waals surface area contributed by atoms with Crippen molar-refractivity contribution in [3.63, 3.8) is 0 Å². The molecule has 4 rings (SSSR count). The Balaban J connectivity index is 1.59. The smallest absolute Gasteiger partial charge is 0.244 e.